The van der Waals surface area contributed by atoms with Crippen LogP contribution in [0.3, 0.4) is 0 Å². The van der Waals surface area contributed by atoms with Crippen molar-refractivity contribution in [1.82, 2.24) is 0 Å². The predicted molar refractivity (Wildman–Crippen MR) is 75.4 cm³/mol. The normalized spacial score (nSPS) is 13.9. The van der Waals surface area contributed by atoms with Crippen LogP contribution in [0.5, 0.6) is 11.5 Å². The summed E-state index contributed by atoms with van der Waals surface area (Å²) < 4.78 is 70.1. The first kappa shape index (κ1) is 15.0. The molecule has 2 N–H and O–H groups in total. The monoisotopic (exact) mass is 342 g/mol. The van der Waals surface area contributed by atoms with E-state index < -0.39 is 30.0 Å². The summed E-state index contributed by atoms with van der Waals surface area (Å²) in [5.41, 5.74) is 0.615. The van der Waals surface area contributed by atoms with Crippen molar-refractivity contribution in [2.24, 2.45) is 0 Å². The Morgan fingerprint density at radius 3 is 2.18 bits per heavy atom. The maximum absolute atomic E-state index is 11.6. The third-order valence-corrected chi connectivity index (χ3v) is 5.28. The van der Waals surface area contributed by atoms with Gasteiger partial charge in [-0.25, -0.2) is 0 Å². The summed E-state index contributed by atoms with van der Waals surface area (Å²) in [5, 5.41) is 0. The lowest BCUT2D eigenvalue weighted by atomic mass is 10.0. The van der Waals surface area contributed by atoms with Crippen LogP contribution in [0, 0.1) is 0 Å². The third-order valence-electron chi connectivity index (χ3n) is 3.28. The van der Waals surface area contributed by atoms with Crippen LogP contribution in [-0.4, -0.2) is 25.9 Å². The molecule has 0 spiro atoms. The average molecular weight is 342 g/mol. The van der Waals surface area contributed by atoms with E-state index in [-0.39, 0.29) is 17.7 Å². The largest absolute Gasteiger partial charge is 0.457 e. The number of para-hydroxylation sites is 1. The van der Waals surface area contributed by atoms with Gasteiger partial charge in [0, 0.05) is 12.0 Å². The SMILES string of the molecule is O=S(=O)(O)c1ccc2c(c1S(=O)(=O)O)Cc1ccccc1O2. The summed E-state index contributed by atoms with van der Waals surface area (Å²) in [4.78, 5) is -1.74. The molecule has 3 rings (SSSR count). The van der Waals surface area contributed by atoms with Crippen molar-refractivity contribution < 1.29 is 30.7 Å². The van der Waals surface area contributed by atoms with E-state index >= 15 is 0 Å². The molecular weight excluding hydrogens is 332 g/mol. The highest BCUT2D eigenvalue weighted by molar-refractivity contribution is 7.89. The lowest BCUT2D eigenvalue weighted by Crippen LogP contribution is -2.15. The van der Waals surface area contributed by atoms with Crippen molar-refractivity contribution in [2.45, 2.75) is 16.2 Å². The fourth-order valence-corrected chi connectivity index (χ4v) is 4.43. The number of fused-ring (bicyclic) bond motifs is 2. The van der Waals surface area contributed by atoms with Crippen LogP contribution in [0.15, 0.2) is 46.2 Å². The Hall–Kier alpha value is -1.94. The van der Waals surface area contributed by atoms with Gasteiger partial charge in [0.15, 0.2) is 0 Å². The zero-order valence-corrected chi connectivity index (χ0v) is 12.6. The highest BCUT2D eigenvalue weighted by Gasteiger charge is 2.32. The molecule has 0 fully saturated rings. The molecule has 0 aromatic heterocycles. The Bertz CT molecular complexity index is 975. The van der Waals surface area contributed by atoms with Gasteiger partial charge >= 0.3 is 0 Å². The van der Waals surface area contributed by atoms with Gasteiger partial charge in [0.2, 0.25) is 0 Å². The minimum Gasteiger partial charge on any atom is -0.457 e. The number of ether oxygens (including phenoxy) is 1. The highest BCUT2D eigenvalue weighted by Crippen LogP contribution is 2.41. The van der Waals surface area contributed by atoms with Crippen LogP contribution in [0.2, 0.25) is 0 Å². The van der Waals surface area contributed by atoms with Crippen LogP contribution < -0.4 is 4.74 Å². The molecule has 0 atom stereocenters. The van der Waals surface area contributed by atoms with Crippen LogP contribution >= 0.6 is 0 Å². The molecule has 1 aliphatic heterocycles. The van der Waals surface area contributed by atoms with Crippen molar-refractivity contribution >= 4 is 20.2 Å². The first-order valence-electron chi connectivity index (χ1n) is 6.04. The number of rotatable bonds is 2. The third kappa shape index (κ3) is 2.48. The van der Waals surface area contributed by atoms with Gasteiger partial charge in [-0.15, -0.1) is 0 Å². The van der Waals surface area contributed by atoms with E-state index in [2.05, 4.69) is 0 Å². The van der Waals surface area contributed by atoms with Crippen molar-refractivity contribution in [1.29, 1.82) is 0 Å². The zero-order chi connectivity index (χ0) is 16.1. The quantitative estimate of drug-likeness (QED) is 0.683. The van der Waals surface area contributed by atoms with E-state index in [9.17, 15) is 25.9 Å². The van der Waals surface area contributed by atoms with E-state index in [0.717, 1.165) is 6.07 Å². The lowest BCUT2D eigenvalue weighted by Gasteiger charge is -2.22. The fraction of sp³-hybridized carbons (Fsp3) is 0.0769. The van der Waals surface area contributed by atoms with Gasteiger partial charge in [-0.1, -0.05) is 18.2 Å². The van der Waals surface area contributed by atoms with Crippen LogP contribution in [0.1, 0.15) is 11.1 Å². The molecule has 0 amide bonds. The molecule has 2 aromatic carbocycles. The first-order chi connectivity index (χ1) is 10.2. The Balaban J connectivity index is 2.33. The van der Waals surface area contributed by atoms with Gasteiger partial charge in [0.1, 0.15) is 21.3 Å². The van der Waals surface area contributed by atoms with Crippen molar-refractivity contribution in [3.63, 3.8) is 0 Å². The molecule has 0 saturated carbocycles. The van der Waals surface area contributed by atoms with Gasteiger partial charge in [-0.2, -0.15) is 16.8 Å². The maximum Gasteiger partial charge on any atom is 0.296 e. The molecule has 0 saturated heterocycles. The van der Waals surface area contributed by atoms with Crippen LogP contribution in [0.25, 0.3) is 0 Å². The number of hydrogen-bond acceptors (Lipinski definition) is 5. The summed E-state index contributed by atoms with van der Waals surface area (Å²) in [6.45, 7) is 0. The second-order valence-corrected chi connectivity index (χ2v) is 7.45. The lowest BCUT2D eigenvalue weighted by molar-refractivity contribution is 0.443. The average Bonchev–Trinajstić information content (AvgIpc) is 2.41. The summed E-state index contributed by atoms with van der Waals surface area (Å²) in [5.74, 6) is 0.620. The van der Waals surface area contributed by atoms with Crippen LogP contribution in [-0.2, 0) is 26.7 Å². The molecule has 0 aliphatic carbocycles. The Labute approximate surface area is 126 Å². The van der Waals surface area contributed by atoms with Gasteiger partial charge in [-0.05, 0) is 23.8 Å². The first-order valence-corrected chi connectivity index (χ1v) is 8.92. The smallest absolute Gasteiger partial charge is 0.296 e. The minimum absolute atomic E-state index is 0.0173. The van der Waals surface area contributed by atoms with Gasteiger partial charge < -0.3 is 4.74 Å². The van der Waals surface area contributed by atoms with E-state index in [1.54, 1.807) is 24.3 Å². The Kier molecular flexibility index (Phi) is 3.25. The van der Waals surface area contributed by atoms with E-state index in [1.165, 1.54) is 6.07 Å². The molecule has 22 heavy (non-hydrogen) atoms. The Morgan fingerprint density at radius 2 is 1.55 bits per heavy atom. The highest BCUT2D eigenvalue weighted by atomic mass is 32.2. The summed E-state index contributed by atoms with van der Waals surface area (Å²) >= 11 is 0. The predicted octanol–water partition coefficient (Wildman–Crippen LogP) is 1.88. The molecule has 2 aromatic rings. The number of benzene rings is 2. The number of hydrogen-bond donors (Lipinski definition) is 2. The molecule has 7 nitrogen and oxygen atoms in total. The molecule has 0 bridgehead atoms. The van der Waals surface area contributed by atoms with Gasteiger partial charge in [0.05, 0.1) is 0 Å². The van der Waals surface area contributed by atoms with Crippen LogP contribution in [0.4, 0.5) is 0 Å². The molecular formula is C13H10O7S2. The molecule has 1 heterocycles. The summed E-state index contributed by atoms with van der Waals surface area (Å²) in [7, 11) is -9.70. The van der Waals surface area contributed by atoms with Gasteiger partial charge in [0.25, 0.3) is 20.2 Å². The molecule has 0 radical (unpaired) electrons. The summed E-state index contributed by atoms with van der Waals surface area (Å²) in [6, 6.07) is 8.94. The van der Waals surface area contributed by atoms with E-state index in [1.807, 2.05) is 0 Å². The molecule has 0 unspecified atom stereocenters. The van der Waals surface area contributed by atoms with E-state index in [0.29, 0.717) is 11.3 Å². The topological polar surface area (TPSA) is 118 Å². The molecule has 9 heteroatoms. The van der Waals surface area contributed by atoms with Gasteiger partial charge in [-0.3, -0.25) is 9.11 Å². The second kappa shape index (κ2) is 4.78. The van der Waals surface area contributed by atoms with E-state index in [4.69, 9.17) is 4.74 Å². The standard InChI is InChI=1S/C13H10O7S2/c14-21(15,16)12-6-5-11-9(13(12)22(17,18)19)7-8-3-1-2-4-10(8)20-11/h1-6H,7H2,(H,14,15,16)(H,17,18,19). The minimum atomic E-state index is -4.88. The fourth-order valence-electron chi connectivity index (χ4n) is 2.40. The second-order valence-electron chi connectivity index (χ2n) is 4.71. The molecule has 116 valence electrons. The van der Waals surface area contributed by atoms with Crippen molar-refractivity contribution in [2.75, 3.05) is 0 Å². The van der Waals surface area contributed by atoms with Crippen molar-refractivity contribution in [3.8, 4) is 11.5 Å². The Morgan fingerprint density at radius 1 is 0.864 bits per heavy atom. The zero-order valence-electron chi connectivity index (χ0n) is 10.9. The van der Waals surface area contributed by atoms with Crippen molar-refractivity contribution in [3.05, 3.63) is 47.5 Å². The maximum atomic E-state index is 11.6. The molecule has 1 aliphatic rings. The summed E-state index contributed by atoms with van der Waals surface area (Å²) in [6.07, 6.45) is 0.0456.